The van der Waals surface area contributed by atoms with Gasteiger partial charge in [0.1, 0.15) is 0 Å². The fourth-order valence-electron chi connectivity index (χ4n) is 2.06. The molecule has 1 aromatic heterocycles. The first-order valence-electron chi connectivity index (χ1n) is 6.80. The van der Waals surface area contributed by atoms with Gasteiger partial charge in [-0.05, 0) is 31.9 Å². The largest absolute Gasteiger partial charge is 0.291 e. The predicted molar refractivity (Wildman–Crippen MR) is 81.7 cm³/mol. The van der Waals surface area contributed by atoms with Crippen LogP contribution in [0.4, 0.5) is 0 Å². The lowest BCUT2D eigenvalue weighted by Gasteiger charge is -2.03. The van der Waals surface area contributed by atoms with Gasteiger partial charge in [-0.1, -0.05) is 29.8 Å². The number of aromatic amines is 1. The maximum absolute atomic E-state index is 12.0. The van der Waals surface area contributed by atoms with E-state index in [-0.39, 0.29) is 5.91 Å². The van der Waals surface area contributed by atoms with Gasteiger partial charge in [0.15, 0.2) is 5.69 Å². The second-order valence-corrected chi connectivity index (χ2v) is 5.51. The van der Waals surface area contributed by atoms with Crippen LogP contribution in [-0.2, 0) is 0 Å². The Morgan fingerprint density at radius 3 is 2.90 bits per heavy atom. The molecule has 3 rings (SSSR count). The quantitative estimate of drug-likeness (QED) is 0.673. The molecule has 0 radical (unpaired) electrons. The molecule has 6 heteroatoms. The van der Waals surface area contributed by atoms with E-state index in [1.807, 2.05) is 18.2 Å². The molecular formula is C15H15ClN4O. The molecule has 21 heavy (non-hydrogen) atoms. The van der Waals surface area contributed by atoms with Crippen molar-refractivity contribution in [3.05, 3.63) is 52.3 Å². The van der Waals surface area contributed by atoms with Gasteiger partial charge in [-0.25, -0.2) is 5.43 Å². The average molecular weight is 303 g/mol. The summed E-state index contributed by atoms with van der Waals surface area (Å²) in [5.41, 5.74) is 5.32. The number of aromatic nitrogens is 2. The summed E-state index contributed by atoms with van der Waals surface area (Å²) in [7, 11) is 0. The van der Waals surface area contributed by atoms with Crippen molar-refractivity contribution in [2.45, 2.75) is 25.7 Å². The molecule has 1 amide bonds. The summed E-state index contributed by atoms with van der Waals surface area (Å²) in [6.45, 7) is 1.79. The molecule has 0 atom stereocenters. The van der Waals surface area contributed by atoms with E-state index in [1.165, 1.54) is 0 Å². The summed E-state index contributed by atoms with van der Waals surface area (Å²) in [6, 6.07) is 9.15. The Morgan fingerprint density at radius 1 is 1.43 bits per heavy atom. The highest BCUT2D eigenvalue weighted by Crippen LogP contribution is 2.38. The van der Waals surface area contributed by atoms with Crippen molar-refractivity contribution in [1.82, 2.24) is 15.6 Å². The highest BCUT2D eigenvalue weighted by atomic mass is 35.5. The van der Waals surface area contributed by atoms with Crippen molar-refractivity contribution in [2.24, 2.45) is 5.10 Å². The minimum absolute atomic E-state index is 0.329. The fourth-order valence-corrected chi connectivity index (χ4v) is 2.34. The van der Waals surface area contributed by atoms with Crippen LogP contribution in [0, 0.1) is 0 Å². The number of halogens is 1. The van der Waals surface area contributed by atoms with Crippen molar-refractivity contribution in [2.75, 3.05) is 0 Å². The molecule has 0 aliphatic heterocycles. The van der Waals surface area contributed by atoms with Crippen LogP contribution in [0.15, 0.2) is 35.4 Å². The number of carbonyl (C=O) groups excluding carboxylic acids is 1. The zero-order chi connectivity index (χ0) is 14.8. The van der Waals surface area contributed by atoms with Crippen molar-refractivity contribution in [3.63, 3.8) is 0 Å². The van der Waals surface area contributed by atoms with E-state index in [1.54, 1.807) is 19.1 Å². The molecule has 0 saturated heterocycles. The van der Waals surface area contributed by atoms with Gasteiger partial charge in [0, 0.05) is 22.2 Å². The Kier molecular flexibility index (Phi) is 3.75. The van der Waals surface area contributed by atoms with E-state index in [4.69, 9.17) is 11.6 Å². The Labute approximate surface area is 127 Å². The van der Waals surface area contributed by atoms with E-state index in [9.17, 15) is 4.79 Å². The zero-order valence-corrected chi connectivity index (χ0v) is 12.3. The third-order valence-electron chi connectivity index (χ3n) is 3.44. The first-order chi connectivity index (χ1) is 10.1. The molecule has 108 valence electrons. The van der Waals surface area contributed by atoms with Crippen molar-refractivity contribution in [1.29, 1.82) is 0 Å². The van der Waals surface area contributed by atoms with Crippen LogP contribution in [0.2, 0.25) is 5.02 Å². The van der Waals surface area contributed by atoms with Crippen LogP contribution in [0.3, 0.4) is 0 Å². The van der Waals surface area contributed by atoms with E-state index in [0.717, 1.165) is 24.1 Å². The number of hydrogen-bond donors (Lipinski definition) is 2. The summed E-state index contributed by atoms with van der Waals surface area (Å²) in [4.78, 5) is 12.0. The van der Waals surface area contributed by atoms with Crippen LogP contribution < -0.4 is 5.43 Å². The molecule has 0 spiro atoms. The highest BCUT2D eigenvalue weighted by Gasteiger charge is 2.26. The Balaban J connectivity index is 1.69. The summed E-state index contributed by atoms with van der Waals surface area (Å²) >= 11 is 6.09. The fraction of sp³-hybridized carbons (Fsp3) is 0.267. The molecule has 1 aromatic carbocycles. The third-order valence-corrected chi connectivity index (χ3v) is 3.77. The van der Waals surface area contributed by atoms with Gasteiger partial charge in [-0.2, -0.15) is 10.2 Å². The summed E-state index contributed by atoms with van der Waals surface area (Å²) in [5, 5.41) is 11.6. The second-order valence-electron chi connectivity index (χ2n) is 5.10. The zero-order valence-electron chi connectivity index (χ0n) is 11.6. The molecule has 5 nitrogen and oxygen atoms in total. The van der Waals surface area contributed by atoms with Gasteiger partial charge in [0.2, 0.25) is 0 Å². The van der Waals surface area contributed by atoms with E-state index in [2.05, 4.69) is 20.7 Å². The number of hydrogen-bond acceptors (Lipinski definition) is 3. The van der Waals surface area contributed by atoms with Crippen molar-refractivity contribution < 1.29 is 4.79 Å². The van der Waals surface area contributed by atoms with Gasteiger partial charge in [0.05, 0.1) is 5.71 Å². The molecule has 0 bridgehead atoms. The molecule has 0 unspecified atom stereocenters. The smallest absolute Gasteiger partial charge is 0.281 e. The van der Waals surface area contributed by atoms with Gasteiger partial charge < -0.3 is 0 Å². The van der Waals surface area contributed by atoms with E-state index >= 15 is 0 Å². The molecule has 1 saturated carbocycles. The summed E-state index contributed by atoms with van der Waals surface area (Å²) < 4.78 is 0. The Bertz CT molecular complexity index is 703. The number of H-pyrrole nitrogens is 1. The molecule has 1 heterocycles. The van der Waals surface area contributed by atoms with Crippen molar-refractivity contribution >= 4 is 23.2 Å². The molecule has 1 fully saturated rings. The molecule has 2 aromatic rings. The molecule has 2 N–H and O–H groups in total. The Morgan fingerprint density at radius 2 is 2.19 bits per heavy atom. The summed E-state index contributed by atoms with van der Waals surface area (Å²) in [6.07, 6.45) is 2.32. The van der Waals surface area contributed by atoms with E-state index < -0.39 is 0 Å². The first kappa shape index (κ1) is 13.8. The number of hydrazone groups is 1. The minimum Gasteiger partial charge on any atom is -0.281 e. The van der Waals surface area contributed by atoms with Crippen LogP contribution in [0.25, 0.3) is 0 Å². The second kappa shape index (κ2) is 5.69. The molecule has 1 aliphatic rings. The lowest BCUT2D eigenvalue weighted by molar-refractivity contribution is 0.0950. The molecule has 1 aliphatic carbocycles. The maximum Gasteiger partial charge on any atom is 0.291 e. The summed E-state index contributed by atoms with van der Waals surface area (Å²) in [5.74, 6) is 0.206. The van der Waals surface area contributed by atoms with E-state index in [0.29, 0.717) is 22.3 Å². The monoisotopic (exact) mass is 302 g/mol. The number of nitrogens with one attached hydrogen (secondary N) is 2. The standard InChI is InChI=1S/C15H15ClN4O/c1-9(11-4-2-3-5-12(11)16)17-20-15(21)14-8-13(18-19-14)10-6-7-10/h2-5,8,10H,6-7H2,1H3,(H,18,19)(H,20,21). The minimum atomic E-state index is -0.329. The number of carbonyl (C=O) groups is 1. The van der Waals surface area contributed by atoms with Crippen LogP contribution in [0.1, 0.15) is 47.4 Å². The average Bonchev–Trinajstić information content (AvgIpc) is 3.22. The number of benzene rings is 1. The third kappa shape index (κ3) is 3.13. The van der Waals surface area contributed by atoms with Crippen molar-refractivity contribution in [3.8, 4) is 0 Å². The van der Waals surface area contributed by atoms with Crippen LogP contribution in [0.5, 0.6) is 0 Å². The molecular weight excluding hydrogens is 288 g/mol. The van der Waals surface area contributed by atoms with Gasteiger partial charge in [-0.3, -0.25) is 9.89 Å². The van der Waals surface area contributed by atoms with Crippen LogP contribution >= 0.6 is 11.6 Å². The predicted octanol–water partition coefficient (Wildman–Crippen LogP) is 3.09. The number of amides is 1. The number of nitrogens with zero attached hydrogens (tertiary/aromatic N) is 2. The first-order valence-corrected chi connectivity index (χ1v) is 7.18. The maximum atomic E-state index is 12.0. The van der Waals surface area contributed by atoms with Gasteiger partial charge in [-0.15, -0.1) is 0 Å². The normalized spacial score (nSPS) is 15.0. The Hall–Kier alpha value is -2.14. The SMILES string of the molecule is CC(=NNC(=O)c1cc(C2CC2)[nH]n1)c1ccccc1Cl. The highest BCUT2D eigenvalue weighted by molar-refractivity contribution is 6.34. The van der Waals surface area contributed by atoms with Gasteiger partial charge >= 0.3 is 0 Å². The van der Waals surface area contributed by atoms with Crippen LogP contribution in [-0.4, -0.2) is 21.8 Å². The van der Waals surface area contributed by atoms with Gasteiger partial charge in [0.25, 0.3) is 5.91 Å². The lowest BCUT2D eigenvalue weighted by atomic mass is 10.1. The number of rotatable bonds is 4. The lowest BCUT2D eigenvalue weighted by Crippen LogP contribution is -2.19. The topological polar surface area (TPSA) is 70.1 Å².